The molecule has 0 aromatic rings. The van der Waals surface area contributed by atoms with Gasteiger partial charge in [0, 0.05) is 29.8 Å². The van der Waals surface area contributed by atoms with E-state index < -0.39 is 14.5 Å². The van der Waals surface area contributed by atoms with Crippen molar-refractivity contribution in [2.24, 2.45) is 5.41 Å². The number of ether oxygens (including phenoxy) is 2. The molecule has 0 unspecified atom stereocenters. The van der Waals surface area contributed by atoms with Crippen molar-refractivity contribution >= 4 is 19.7 Å². The second-order valence-corrected chi connectivity index (χ2v) is 8.39. The Morgan fingerprint density at radius 2 is 1.71 bits per heavy atom. The summed E-state index contributed by atoms with van der Waals surface area (Å²) in [4.78, 5) is 0. The Bertz CT molecular complexity index is 322. The predicted molar refractivity (Wildman–Crippen MR) is 69.9 cm³/mol. The number of hydrogen-bond donors (Lipinski definition) is 0. The highest BCUT2D eigenvalue weighted by Crippen LogP contribution is 2.21. The number of methoxy groups -OCH3 is 1. The van der Waals surface area contributed by atoms with Gasteiger partial charge in [0.25, 0.3) is 0 Å². The van der Waals surface area contributed by atoms with Gasteiger partial charge in [-0.2, -0.15) is 0 Å². The van der Waals surface area contributed by atoms with Crippen molar-refractivity contribution in [1.82, 2.24) is 0 Å². The molecule has 0 aliphatic heterocycles. The molecule has 104 valence electrons. The zero-order chi connectivity index (χ0) is 13.7. The lowest BCUT2D eigenvalue weighted by atomic mass is 9.98. The van der Waals surface area contributed by atoms with Gasteiger partial charge >= 0.3 is 0 Å². The van der Waals surface area contributed by atoms with Crippen molar-refractivity contribution < 1.29 is 17.9 Å². The number of halogens is 1. The molecule has 4 nitrogen and oxygen atoms in total. The van der Waals surface area contributed by atoms with E-state index in [0.717, 1.165) is 6.42 Å². The molecule has 0 bridgehead atoms. The Morgan fingerprint density at radius 1 is 1.18 bits per heavy atom. The Labute approximate surface area is 109 Å². The Kier molecular flexibility index (Phi) is 6.42. The van der Waals surface area contributed by atoms with Crippen LogP contribution in [0.1, 0.15) is 34.1 Å². The van der Waals surface area contributed by atoms with Gasteiger partial charge in [-0.1, -0.05) is 13.8 Å². The minimum atomic E-state index is -3.48. The van der Waals surface area contributed by atoms with E-state index in [4.69, 9.17) is 20.2 Å². The normalized spacial score (nSPS) is 14.0. The van der Waals surface area contributed by atoms with E-state index in [-0.39, 0.29) is 11.4 Å². The molecule has 0 radical (unpaired) electrons. The van der Waals surface area contributed by atoms with Gasteiger partial charge in [-0.15, -0.1) is 0 Å². The number of rotatable bonds is 8. The van der Waals surface area contributed by atoms with Crippen LogP contribution in [-0.4, -0.2) is 40.1 Å². The molecular weight excluding hydrogens is 264 g/mol. The first-order valence-electron chi connectivity index (χ1n) is 5.53. The summed E-state index contributed by atoms with van der Waals surface area (Å²) in [6, 6.07) is 0. The van der Waals surface area contributed by atoms with Crippen LogP contribution in [0.25, 0.3) is 0 Å². The van der Waals surface area contributed by atoms with Crippen molar-refractivity contribution in [2.75, 3.05) is 26.1 Å². The van der Waals surface area contributed by atoms with E-state index in [1.807, 2.05) is 27.7 Å². The van der Waals surface area contributed by atoms with Gasteiger partial charge in [0.2, 0.25) is 9.05 Å². The maximum Gasteiger partial charge on any atom is 0.233 e. The van der Waals surface area contributed by atoms with Crippen LogP contribution in [0.2, 0.25) is 0 Å². The van der Waals surface area contributed by atoms with Crippen LogP contribution in [-0.2, 0) is 18.5 Å². The zero-order valence-electron chi connectivity index (χ0n) is 11.2. The molecule has 0 heterocycles. The summed E-state index contributed by atoms with van der Waals surface area (Å²) in [5.74, 6) is -0.0881. The van der Waals surface area contributed by atoms with Gasteiger partial charge in [-0.3, -0.25) is 0 Å². The van der Waals surface area contributed by atoms with Crippen LogP contribution in [0.3, 0.4) is 0 Å². The van der Waals surface area contributed by atoms with Crippen LogP contribution < -0.4 is 0 Å². The molecule has 6 heteroatoms. The van der Waals surface area contributed by atoms with Crippen molar-refractivity contribution in [3.05, 3.63) is 0 Å². The summed E-state index contributed by atoms with van der Waals surface area (Å²) in [5.41, 5.74) is -0.694. The summed E-state index contributed by atoms with van der Waals surface area (Å²) >= 11 is 0. The van der Waals surface area contributed by atoms with Gasteiger partial charge in [0.15, 0.2) is 0 Å². The van der Waals surface area contributed by atoms with Crippen LogP contribution in [0.5, 0.6) is 0 Å². The summed E-state index contributed by atoms with van der Waals surface area (Å²) in [5, 5.41) is 0. The Hall–Kier alpha value is 0.160. The molecule has 0 N–H and O–H groups in total. The molecule has 0 aliphatic rings. The fourth-order valence-corrected chi connectivity index (χ4v) is 3.18. The molecule has 0 saturated heterocycles. The largest absolute Gasteiger partial charge is 0.381 e. The predicted octanol–water partition coefficient (Wildman–Crippen LogP) is 2.41. The van der Waals surface area contributed by atoms with Crippen molar-refractivity contribution in [2.45, 2.75) is 39.7 Å². The third-order valence-corrected chi connectivity index (χ3v) is 3.91. The molecule has 17 heavy (non-hydrogen) atoms. The second kappa shape index (κ2) is 6.36. The van der Waals surface area contributed by atoms with Gasteiger partial charge in [0.05, 0.1) is 18.0 Å². The lowest BCUT2D eigenvalue weighted by molar-refractivity contribution is -0.0190. The van der Waals surface area contributed by atoms with Crippen LogP contribution in [0, 0.1) is 5.41 Å². The fourth-order valence-electron chi connectivity index (χ4n) is 1.28. The maximum atomic E-state index is 11.0. The molecule has 0 aromatic heterocycles. The summed E-state index contributed by atoms with van der Waals surface area (Å²) in [6.45, 7) is 8.48. The first-order valence-corrected chi connectivity index (χ1v) is 8.01. The highest BCUT2D eigenvalue weighted by atomic mass is 35.7. The first kappa shape index (κ1) is 17.2. The summed E-state index contributed by atoms with van der Waals surface area (Å²) < 4.78 is 32.7. The molecule has 0 atom stereocenters. The first-order chi connectivity index (χ1) is 7.47. The average molecular weight is 287 g/mol. The fraction of sp³-hybridized carbons (Fsp3) is 1.00. The van der Waals surface area contributed by atoms with Gasteiger partial charge in [0.1, 0.15) is 0 Å². The highest BCUT2D eigenvalue weighted by Gasteiger charge is 2.25. The van der Waals surface area contributed by atoms with E-state index >= 15 is 0 Å². The van der Waals surface area contributed by atoms with Gasteiger partial charge in [-0.05, 0) is 20.3 Å². The minimum absolute atomic E-state index is 0.0881. The molecular formula is C11H23ClO4S. The molecule has 0 aromatic carbocycles. The Balaban J connectivity index is 3.96. The van der Waals surface area contributed by atoms with Crippen LogP contribution in [0.15, 0.2) is 0 Å². The van der Waals surface area contributed by atoms with Gasteiger partial charge in [-0.25, -0.2) is 8.42 Å². The quantitative estimate of drug-likeness (QED) is 0.508. The average Bonchev–Trinajstić information content (AvgIpc) is 2.09. The van der Waals surface area contributed by atoms with Crippen molar-refractivity contribution in [3.63, 3.8) is 0 Å². The smallest absolute Gasteiger partial charge is 0.233 e. The van der Waals surface area contributed by atoms with E-state index in [0.29, 0.717) is 13.2 Å². The summed E-state index contributed by atoms with van der Waals surface area (Å²) in [7, 11) is 3.39. The lowest BCUT2D eigenvalue weighted by Gasteiger charge is -2.25. The molecule has 0 amide bonds. The van der Waals surface area contributed by atoms with E-state index in [1.54, 1.807) is 7.11 Å². The number of hydrogen-bond acceptors (Lipinski definition) is 4. The maximum absolute atomic E-state index is 11.0. The van der Waals surface area contributed by atoms with Gasteiger partial charge < -0.3 is 9.47 Å². The molecule has 0 aliphatic carbocycles. The summed E-state index contributed by atoms with van der Waals surface area (Å²) in [6.07, 6.45) is 0.757. The molecule has 0 saturated carbocycles. The second-order valence-electron chi connectivity index (χ2n) is 5.61. The van der Waals surface area contributed by atoms with E-state index in [2.05, 4.69) is 0 Å². The van der Waals surface area contributed by atoms with E-state index in [1.165, 1.54) is 0 Å². The molecule has 0 rings (SSSR count). The van der Waals surface area contributed by atoms with E-state index in [9.17, 15) is 8.42 Å². The third-order valence-electron chi connectivity index (χ3n) is 2.46. The topological polar surface area (TPSA) is 52.6 Å². The highest BCUT2D eigenvalue weighted by molar-refractivity contribution is 8.13. The van der Waals surface area contributed by atoms with Crippen molar-refractivity contribution in [1.29, 1.82) is 0 Å². The monoisotopic (exact) mass is 286 g/mol. The SMILES string of the molecule is COC(C)(C)CCOCC(C)(C)CS(=O)(=O)Cl. The van der Waals surface area contributed by atoms with Crippen LogP contribution >= 0.6 is 10.7 Å². The lowest BCUT2D eigenvalue weighted by Crippen LogP contribution is -2.29. The molecule has 0 fully saturated rings. The van der Waals surface area contributed by atoms with Crippen molar-refractivity contribution in [3.8, 4) is 0 Å². The zero-order valence-corrected chi connectivity index (χ0v) is 12.8. The molecule has 0 spiro atoms. The van der Waals surface area contributed by atoms with Crippen LogP contribution in [0.4, 0.5) is 0 Å². The standard InChI is InChI=1S/C11H23ClO4S/c1-10(2,9-17(12,13)14)8-16-7-6-11(3,4)15-5/h6-9H2,1-5H3. The Morgan fingerprint density at radius 3 is 2.12 bits per heavy atom. The third kappa shape index (κ3) is 9.83. The minimum Gasteiger partial charge on any atom is -0.381 e.